The van der Waals surface area contributed by atoms with Gasteiger partial charge in [-0.3, -0.25) is 5.32 Å². The Morgan fingerprint density at radius 2 is 1.84 bits per heavy atom. The molecule has 1 aromatic heterocycles. The molecular formula is C39H43N3O7. The lowest BCUT2D eigenvalue weighted by atomic mass is 9.71. The first-order valence-electron chi connectivity index (χ1n) is 16.7. The van der Waals surface area contributed by atoms with Crippen molar-refractivity contribution in [3.05, 3.63) is 101 Å². The summed E-state index contributed by atoms with van der Waals surface area (Å²) in [6, 6.07) is 21.3. The largest absolute Gasteiger partial charge is 0.508 e. The van der Waals surface area contributed by atoms with Crippen LogP contribution >= 0.6 is 0 Å². The lowest BCUT2D eigenvalue weighted by Gasteiger charge is -2.46. The number of benzene rings is 4. The minimum Gasteiger partial charge on any atom is -0.508 e. The molecule has 1 aliphatic heterocycles. The van der Waals surface area contributed by atoms with Crippen molar-refractivity contribution < 1.29 is 34.3 Å². The highest BCUT2D eigenvalue weighted by Crippen LogP contribution is 2.54. The fourth-order valence-electron chi connectivity index (χ4n) is 7.69. The number of hydrogen-bond donors (Lipinski definition) is 6. The van der Waals surface area contributed by atoms with Gasteiger partial charge in [-0.25, -0.2) is 0 Å². The van der Waals surface area contributed by atoms with Gasteiger partial charge in [0, 0.05) is 41.9 Å². The smallest absolute Gasteiger partial charge is 0.160 e. The Morgan fingerprint density at radius 1 is 0.959 bits per heavy atom. The average Bonchev–Trinajstić information content (AvgIpc) is 3.58. The van der Waals surface area contributed by atoms with E-state index >= 15 is 0 Å². The number of aromatic hydroxyl groups is 2. The third-order valence-corrected chi connectivity index (χ3v) is 9.80. The van der Waals surface area contributed by atoms with Gasteiger partial charge in [0.25, 0.3) is 0 Å². The van der Waals surface area contributed by atoms with Gasteiger partial charge in [0.15, 0.2) is 17.6 Å². The number of ether oxygens (including phenoxy) is 4. The highest BCUT2D eigenvalue weighted by molar-refractivity contribution is 5.83. The van der Waals surface area contributed by atoms with Crippen LogP contribution in [0.3, 0.4) is 0 Å². The Labute approximate surface area is 285 Å². The molecule has 0 unspecified atom stereocenters. The summed E-state index contributed by atoms with van der Waals surface area (Å²) in [7, 11) is 5.27. The van der Waals surface area contributed by atoms with Gasteiger partial charge < -0.3 is 44.6 Å². The molecule has 0 radical (unpaired) electrons. The van der Waals surface area contributed by atoms with Crippen LogP contribution in [-0.4, -0.2) is 73.6 Å². The monoisotopic (exact) mass is 665 g/mol. The molecule has 2 aliphatic rings. The van der Waals surface area contributed by atoms with Gasteiger partial charge in [-0.05, 0) is 109 Å². The van der Waals surface area contributed by atoms with Crippen molar-refractivity contribution >= 4 is 10.9 Å². The van der Waals surface area contributed by atoms with Crippen molar-refractivity contribution in [3.8, 4) is 39.9 Å². The van der Waals surface area contributed by atoms with E-state index in [1.807, 2.05) is 44.6 Å². The second-order valence-electron chi connectivity index (χ2n) is 12.9. The van der Waals surface area contributed by atoms with E-state index in [4.69, 9.17) is 18.9 Å². The maximum atomic E-state index is 10.7. The Bertz CT molecular complexity index is 1970. The number of nitrogens with one attached hydrogen (secondary N) is 3. The third kappa shape index (κ3) is 6.06. The highest BCUT2D eigenvalue weighted by Gasteiger charge is 2.48. The molecule has 256 valence electrons. The van der Waals surface area contributed by atoms with Crippen LogP contribution in [0.1, 0.15) is 39.8 Å². The predicted molar refractivity (Wildman–Crippen MR) is 188 cm³/mol. The predicted octanol–water partition coefficient (Wildman–Crippen LogP) is 5.34. The van der Waals surface area contributed by atoms with E-state index in [0.717, 1.165) is 50.7 Å². The zero-order valence-electron chi connectivity index (χ0n) is 28.0. The van der Waals surface area contributed by atoms with Crippen molar-refractivity contribution in [3.63, 3.8) is 0 Å². The first-order valence-corrected chi connectivity index (χ1v) is 16.7. The molecule has 0 spiro atoms. The van der Waals surface area contributed by atoms with E-state index in [1.165, 1.54) is 12.7 Å². The standard InChI is InChI=1S/C39H43N3O7/c1-40-21-39(48-22-41-2)20-31-30-16-26(15-23-4-8-32-24(14-23)10-11-42-32)29-18-27(44)6-7-28(29)37(30)36(47-13-12-43)19-34(31)49-38(39)25-5-9-33(45)35(17-25)46-3/h4-11,14,17-19,26,38,40-45H,12-13,15-16,20-22H2,1-3H3/t26-,38+,39-/m0/s1. The fourth-order valence-corrected chi connectivity index (χ4v) is 7.69. The van der Waals surface area contributed by atoms with Crippen LogP contribution in [0.15, 0.2) is 72.9 Å². The molecule has 6 N–H and O–H groups in total. The zero-order chi connectivity index (χ0) is 34.1. The van der Waals surface area contributed by atoms with Crippen LogP contribution in [0.4, 0.5) is 0 Å². The first-order chi connectivity index (χ1) is 23.9. The molecular weight excluding hydrogens is 622 g/mol. The number of phenols is 2. The number of aliphatic hydroxyl groups excluding tert-OH is 1. The van der Waals surface area contributed by atoms with Gasteiger partial charge in [0.1, 0.15) is 29.5 Å². The topological polar surface area (TPSA) is 137 Å². The molecule has 2 heterocycles. The summed E-state index contributed by atoms with van der Waals surface area (Å²) < 4.78 is 25.4. The SMILES string of the molecule is CNCO[C@]1(CNC)Cc2c(cc(OCCO)c3c2C[C@H](Cc2ccc4[nH]ccc4c2)c2cc(O)ccc2-3)O[C@@H]1c1ccc(O)c(OC)c1. The number of aromatic amines is 1. The molecule has 3 atom stereocenters. The number of fused-ring (bicyclic) bond motifs is 6. The van der Waals surface area contributed by atoms with Crippen LogP contribution in [0.5, 0.6) is 28.7 Å². The molecule has 0 amide bonds. The summed E-state index contributed by atoms with van der Waals surface area (Å²) in [5.74, 6) is 1.95. The normalized spacial score (nSPS) is 19.5. The maximum absolute atomic E-state index is 10.7. The van der Waals surface area contributed by atoms with Crippen LogP contribution in [0.25, 0.3) is 22.0 Å². The van der Waals surface area contributed by atoms with Gasteiger partial charge in [0.2, 0.25) is 0 Å². The third-order valence-electron chi connectivity index (χ3n) is 9.80. The Hall–Kier alpha value is -4.74. The van der Waals surface area contributed by atoms with Crippen molar-refractivity contribution in [2.45, 2.75) is 36.9 Å². The van der Waals surface area contributed by atoms with Crippen LogP contribution in [0, 0.1) is 0 Å². The lowest BCUT2D eigenvalue weighted by molar-refractivity contribution is -0.127. The van der Waals surface area contributed by atoms with E-state index in [-0.39, 0.29) is 30.6 Å². The number of H-pyrrole nitrogens is 1. The van der Waals surface area contributed by atoms with E-state index in [2.05, 4.69) is 39.9 Å². The minimum atomic E-state index is -0.849. The van der Waals surface area contributed by atoms with Crippen molar-refractivity contribution in [1.29, 1.82) is 0 Å². The quantitative estimate of drug-likeness (QED) is 0.0977. The molecule has 4 aromatic carbocycles. The molecule has 7 rings (SSSR count). The Kier molecular flexibility index (Phi) is 9.13. The lowest BCUT2D eigenvalue weighted by Crippen LogP contribution is -2.54. The van der Waals surface area contributed by atoms with Crippen LogP contribution < -0.4 is 24.8 Å². The van der Waals surface area contributed by atoms with Gasteiger partial charge in [-0.1, -0.05) is 18.2 Å². The number of aliphatic hydroxyl groups is 1. The fraction of sp³-hybridized carbons (Fsp3) is 0.333. The number of likely N-dealkylation sites (N-methyl/N-ethyl adjacent to an activating group) is 1. The maximum Gasteiger partial charge on any atom is 0.160 e. The first kappa shape index (κ1) is 32.8. The van der Waals surface area contributed by atoms with Crippen molar-refractivity contribution in [2.24, 2.45) is 0 Å². The van der Waals surface area contributed by atoms with E-state index in [1.54, 1.807) is 18.2 Å². The molecule has 10 nitrogen and oxygen atoms in total. The molecule has 0 saturated carbocycles. The summed E-state index contributed by atoms with van der Waals surface area (Å²) in [4.78, 5) is 3.28. The van der Waals surface area contributed by atoms with Crippen molar-refractivity contribution in [1.82, 2.24) is 15.6 Å². The van der Waals surface area contributed by atoms with Crippen LogP contribution in [0.2, 0.25) is 0 Å². The number of hydrogen-bond acceptors (Lipinski definition) is 9. The molecule has 1 aliphatic carbocycles. The summed E-state index contributed by atoms with van der Waals surface area (Å²) in [6.45, 7) is 0.743. The van der Waals surface area contributed by atoms with Gasteiger partial charge in [-0.2, -0.15) is 0 Å². The highest BCUT2D eigenvalue weighted by atomic mass is 16.6. The Morgan fingerprint density at radius 3 is 2.63 bits per heavy atom. The average molecular weight is 666 g/mol. The van der Waals surface area contributed by atoms with Crippen LogP contribution in [-0.2, 0) is 24.0 Å². The molecule has 0 fully saturated rings. The number of phenolic OH excluding ortho intramolecular Hbond substituents is 2. The second kappa shape index (κ2) is 13.6. The van der Waals surface area contributed by atoms with E-state index in [9.17, 15) is 15.3 Å². The van der Waals surface area contributed by atoms with E-state index < -0.39 is 11.7 Å². The summed E-state index contributed by atoms with van der Waals surface area (Å²) in [5, 5.41) is 38.6. The molecule has 0 bridgehead atoms. The molecule has 49 heavy (non-hydrogen) atoms. The van der Waals surface area contributed by atoms with Gasteiger partial charge in [0.05, 0.1) is 20.4 Å². The zero-order valence-corrected chi connectivity index (χ0v) is 28.0. The molecule has 5 aromatic rings. The summed E-state index contributed by atoms with van der Waals surface area (Å²) in [6.07, 6.45) is 3.35. The van der Waals surface area contributed by atoms with Gasteiger partial charge in [-0.15, -0.1) is 0 Å². The minimum absolute atomic E-state index is 0.0398. The number of rotatable bonds is 12. The Balaban J connectivity index is 1.40. The second-order valence-corrected chi connectivity index (χ2v) is 12.9. The summed E-state index contributed by atoms with van der Waals surface area (Å²) in [5.41, 5.74) is 7.36. The molecule has 0 saturated heterocycles. The molecule has 10 heteroatoms. The number of methoxy groups -OCH3 is 1. The van der Waals surface area contributed by atoms with E-state index in [0.29, 0.717) is 43.4 Å². The van der Waals surface area contributed by atoms with Gasteiger partial charge >= 0.3 is 0 Å². The van der Waals surface area contributed by atoms with Crippen molar-refractivity contribution in [2.75, 3.05) is 47.7 Å². The summed E-state index contributed by atoms with van der Waals surface area (Å²) >= 11 is 0. The number of aromatic nitrogens is 1.